The summed E-state index contributed by atoms with van der Waals surface area (Å²) in [5, 5.41) is 15.0. The predicted octanol–water partition coefficient (Wildman–Crippen LogP) is 0.422. The lowest BCUT2D eigenvalue weighted by Crippen LogP contribution is -2.51. The van der Waals surface area contributed by atoms with Gasteiger partial charge in [0.15, 0.2) is 0 Å². The standard InChI is InChI=1S/C15H27N3O5/c1-10(2)7-11(8-16-9-13(19)23-3)17-14(20)12-5-4-6-18(12)15(21)22/h10-12,16H,4-9H2,1-3H3,(H,17,20)(H,21,22)/t11-,12-/m0/s1. The zero-order chi connectivity index (χ0) is 17.4. The van der Waals surface area contributed by atoms with E-state index in [9.17, 15) is 14.4 Å². The van der Waals surface area contributed by atoms with Crippen LogP contribution in [-0.4, -0.2) is 66.8 Å². The fourth-order valence-corrected chi connectivity index (χ4v) is 2.75. The summed E-state index contributed by atoms with van der Waals surface area (Å²) in [5.41, 5.74) is 0. The molecule has 0 spiro atoms. The molecule has 0 aromatic heterocycles. The average molecular weight is 329 g/mol. The summed E-state index contributed by atoms with van der Waals surface area (Å²) in [6.45, 7) is 4.98. The summed E-state index contributed by atoms with van der Waals surface area (Å²) in [7, 11) is 1.32. The molecule has 0 aromatic rings. The van der Waals surface area contributed by atoms with E-state index in [-0.39, 0.29) is 24.5 Å². The van der Waals surface area contributed by atoms with E-state index in [1.54, 1.807) is 0 Å². The van der Waals surface area contributed by atoms with Crippen molar-refractivity contribution in [2.24, 2.45) is 5.92 Å². The first-order valence-corrected chi connectivity index (χ1v) is 7.92. The van der Waals surface area contributed by atoms with E-state index in [0.29, 0.717) is 31.8 Å². The highest BCUT2D eigenvalue weighted by Gasteiger charge is 2.34. The fourth-order valence-electron chi connectivity index (χ4n) is 2.75. The van der Waals surface area contributed by atoms with Crippen molar-refractivity contribution in [3.05, 3.63) is 0 Å². The third kappa shape index (κ3) is 6.43. The molecule has 3 N–H and O–H groups in total. The summed E-state index contributed by atoms with van der Waals surface area (Å²) in [5.74, 6) is -0.276. The highest BCUT2D eigenvalue weighted by atomic mass is 16.5. The molecule has 0 saturated carbocycles. The molecule has 2 amide bonds. The van der Waals surface area contributed by atoms with Gasteiger partial charge in [-0.3, -0.25) is 14.5 Å². The number of esters is 1. The SMILES string of the molecule is COC(=O)CNC[C@H](CC(C)C)NC(=O)[C@@H]1CCCN1C(=O)O. The molecule has 1 rings (SSSR count). The Hall–Kier alpha value is -1.83. The number of carboxylic acid groups (broad SMARTS) is 1. The molecule has 2 atom stereocenters. The molecular formula is C15H27N3O5. The average Bonchev–Trinajstić information content (AvgIpc) is 2.95. The molecule has 1 aliphatic rings. The maximum absolute atomic E-state index is 12.4. The van der Waals surface area contributed by atoms with Crippen LogP contribution in [0, 0.1) is 5.92 Å². The van der Waals surface area contributed by atoms with Gasteiger partial charge in [-0.2, -0.15) is 0 Å². The van der Waals surface area contributed by atoms with Crippen LogP contribution in [0.15, 0.2) is 0 Å². The lowest BCUT2D eigenvalue weighted by atomic mass is 10.0. The number of ether oxygens (including phenoxy) is 1. The van der Waals surface area contributed by atoms with Crippen molar-refractivity contribution in [1.82, 2.24) is 15.5 Å². The van der Waals surface area contributed by atoms with Crippen molar-refractivity contribution in [1.29, 1.82) is 0 Å². The van der Waals surface area contributed by atoms with E-state index in [1.165, 1.54) is 12.0 Å². The molecule has 0 aromatic carbocycles. The summed E-state index contributed by atoms with van der Waals surface area (Å²) in [6, 6.07) is -0.786. The topological polar surface area (TPSA) is 108 Å². The Morgan fingerprint density at radius 3 is 2.61 bits per heavy atom. The molecule has 23 heavy (non-hydrogen) atoms. The first kappa shape index (κ1) is 19.2. The number of hydrogen-bond donors (Lipinski definition) is 3. The molecule has 0 radical (unpaired) electrons. The van der Waals surface area contributed by atoms with Gasteiger partial charge in [-0.1, -0.05) is 13.8 Å². The Morgan fingerprint density at radius 1 is 1.35 bits per heavy atom. The van der Waals surface area contributed by atoms with Gasteiger partial charge in [-0.05, 0) is 25.2 Å². The molecule has 132 valence electrons. The number of likely N-dealkylation sites (tertiary alicyclic amines) is 1. The maximum atomic E-state index is 12.4. The molecule has 0 unspecified atom stereocenters. The van der Waals surface area contributed by atoms with Crippen molar-refractivity contribution in [2.75, 3.05) is 26.7 Å². The molecular weight excluding hydrogens is 302 g/mol. The quantitative estimate of drug-likeness (QED) is 0.557. The van der Waals surface area contributed by atoms with E-state index in [4.69, 9.17) is 5.11 Å². The van der Waals surface area contributed by atoms with E-state index >= 15 is 0 Å². The molecule has 8 heteroatoms. The Balaban J connectivity index is 2.56. The van der Waals surface area contributed by atoms with Crippen LogP contribution in [0.2, 0.25) is 0 Å². The number of hydrogen-bond acceptors (Lipinski definition) is 5. The van der Waals surface area contributed by atoms with Crippen molar-refractivity contribution < 1.29 is 24.2 Å². The van der Waals surface area contributed by atoms with Gasteiger partial charge in [0, 0.05) is 19.1 Å². The largest absolute Gasteiger partial charge is 0.468 e. The predicted molar refractivity (Wildman–Crippen MR) is 84.0 cm³/mol. The minimum Gasteiger partial charge on any atom is -0.468 e. The Labute approximate surface area is 136 Å². The fraction of sp³-hybridized carbons (Fsp3) is 0.800. The second-order valence-electron chi connectivity index (χ2n) is 6.18. The Kier molecular flexibility index (Phi) is 7.80. The van der Waals surface area contributed by atoms with Crippen LogP contribution in [0.25, 0.3) is 0 Å². The number of amides is 2. The van der Waals surface area contributed by atoms with Crippen LogP contribution in [0.4, 0.5) is 4.79 Å². The summed E-state index contributed by atoms with van der Waals surface area (Å²) in [4.78, 5) is 35.8. The van der Waals surface area contributed by atoms with Gasteiger partial charge in [0.25, 0.3) is 0 Å². The van der Waals surface area contributed by atoms with Crippen molar-refractivity contribution in [3.63, 3.8) is 0 Å². The van der Waals surface area contributed by atoms with Gasteiger partial charge >= 0.3 is 12.1 Å². The molecule has 1 saturated heterocycles. The van der Waals surface area contributed by atoms with Crippen molar-refractivity contribution in [2.45, 2.75) is 45.2 Å². The third-order valence-electron chi connectivity index (χ3n) is 3.79. The molecule has 1 heterocycles. The van der Waals surface area contributed by atoms with Crippen LogP contribution < -0.4 is 10.6 Å². The van der Waals surface area contributed by atoms with E-state index in [2.05, 4.69) is 15.4 Å². The highest BCUT2D eigenvalue weighted by molar-refractivity contribution is 5.86. The Morgan fingerprint density at radius 2 is 2.04 bits per heavy atom. The molecule has 1 aliphatic heterocycles. The van der Waals surface area contributed by atoms with Gasteiger partial charge in [-0.15, -0.1) is 0 Å². The lowest BCUT2D eigenvalue weighted by molar-refractivity contribution is -0.139. The normalized spacial score (nSPS) is 18.8. The number of carbonyl (C=O) groups excluding carboxylic acids is 2. The molecule has 1 fully saturated rings. The van der Waals surface area contributed by atoms with Crippen LogP contribution in [0.1, 0.15) is 33.1 Å². The third-order valence-corrected chi connectivity index (χ3v) is 3.79. The number of nitrogens with zero attached hydrogens (tertiary/aromatic N) is 1. The lowest BCUT2D eigenvalue weighted by Gasteiger charge is -2.26. The molecule has 8 nitrogen and oxygen atoms in total. The van der Waals surface area contributed by atoms with Crippen LogP contribution >= 0.6 is 0 Å². The smallest absolute Gasteiger partial charge is 0.407 e. The second-order valence-corrected chi connectivity index (χ2v) is 6.18. The van der Waals surface area contributed by atoms with Crippen molar-refractivity contribution in [3.8, 4) is 0 Å². The highest BCUT2D eigenvalue weighted by Crippen LogP contribution is 2.18. The molecule has 0 bridgehead atoms. The Bertz CT molecular complexity index is 427. The summed E-state index contributed by atoms with van der Waals surface area (Å²) < 4.78 is 4.56. The van der Waals surface area contributed by atoms with Crippen LogP contribution in [-0.2, 0) is 14.3 Å². The van der Waals surface area contributed by atoms with Crippen LogP contribution in [0.3, 0.4) is 0 Å². The van der Waals surface area contributed by atoms with Gasteiger partial charge in [0.1, 0.15) is 6.04 Å². The minimum absolute atomic E-state index is 0.0750. The van der Waals surface area contributed by atoms with Crippen molar-refractivity contribution >= 4 is 18.0 Å². The number of carbonyl (C=O) groups is 3. The van der Waals surface area contributed by atoms with E-state index in [0.717, 1.165) is 6.42 Å². The summed E-state index contributed by atoms with van der Waals surface area (Å²) in [6.07, 6.45) is 0.911. The minimum atomic E-state index is -1.06. The van der Waals surface area contributed by atoms with Crippen LogP contribution in [0.5, 0.6) is 0 Å². The number of rotatable bonds is 8. The molecule has 0 aliphatic carbocycles. The van der Waals surface area contributed by atoms with Gasteiger partial charge in [0.2, 0.25) is 5.91 Å². The summed E-state index contributed by atoms with van der Waals surface area (Å²) >= 11 is 0. The first-order valence-electron chi connectivity index (χ1n) is 7.92. The van der Waals surface area contributed by atoms with Gasteiger partial charge in [0.05, 0.1) is 13.7 Å². The number of methoxy groups -OCH3 is 1. The number of nitrogens with one attached hydrogen (secondary N) is 2. The zero-order valence-corrected chi connectivity index (χ0v) is 14.0. The van der Waals surface area contributed by atoms with Gasteiger partial charge < -0.3 is 20.5 Å². The van der Waals surface area contributed by atoms with E-state index in [1.807, 2.05) is 13.8 Å². The van der Waals surface area contributed by atoms with E-state index < -0.39 is 12.1 Å². The second kappa shape index (κ2) is 9.34. The maximum Gasteiger partial charge on any atom is 0.407 e. The van der Waals surface area contributed by atoms with Gasteiger partial charge in [-0.25, -0.2) is 4.79 Å². The zero-order valence-electron chi connectivity index (χ0n) is 14.0. The monoisotopic (exact) mass is 329 g/mol. The first-order chi connectivity index (χ1) is 10.8.